The van der Waals surface area contributed by atoms with Crippen LogP contribution in [-0.2, 0) is 16.1 Å². The summed E-state index contributed by atoms with van der Waals surface area (Å²) in [6, 6.07) is 11.1. The van der Waals surface area contributed by atoms with Crippen LogP contribution in [0.4, 0.5) is 10.2 Å². The van der Waals surface area contributed by atoms with E-state index in [9.17, 15) is 14.0 Å². The van der Waals surface area contributed by atoms with Crippen molar-refractivity contribution in [2.75, 3.05) is 25.6 Å². The van der Waals surface area contributed by atoms with Crippen molar-refractivity contribution < 1.29 is 13.9 Å². The van der Waals surface area contributed by atoms with Crippen LogP contribution < -0.4 is 10.9 Å². The minimum Gasteiger partial charge on any atom is -0.383 e. The van der Waals surface area contributed by atoms with Gasteiger partial charge in [-0.2, -0.15) is 0 Å². The molecule has 1 aromatic carbocycles. The summed E-state index contributed by atoms with van der Waals surface area (Å²) in [5.41, 5.74) is 1.18. The minimum absolute atomic E-state index is 0.218. The van der Waals surface area contributed by atoms with Gasteiger partial charge in [-0.3, -0.25) is 18.9 Å². The smallest absolute Gasteiger partial charge is 0.267 e. The molecule has 0 saturated carbocycles. The van der Waals surface area contributed by atoms with Crippen molar-refractivity contribution in [2.45, 2.75) is 6.54 Å². The third-order valence-electron chi connectivity index (χ3n) is 4.77. The van der Waals surface area contributed by atoms with Crippen molar-refractivity contribution in [1.82, 2.24) is 14.3 Å². The predicted molar refractivity (Wildman–Crippen MR) is 127 cm³/mol. The quantitative estimate of drug-likeness (QED) is 0.323. The minimum atomic E-state index is -0.350. The molecule has 0 bridgehead atoms. The van der Waals surface area contributed by atoms with E-state index >= 15 is 0 Å². The van der Waals surface area contributed by atoms with E-state index in [4.69, 9.17) is 17.0 Å². The highest BCUT2D eigenvalue weighted by atomic mass is 32.2. The van der Waals surface area contributed by atoms with Gasteiger partial charge in [0.15, 0.2) is 0 Å². The summed E-state index contributed by atoms with van der Waals surface area (Å²) in [6.45, 7) is 1.09. The fourth-order valence-electron chi connectivity index (χ4n) is 3.18. The summed E-state index contributed by atoms with van der Waals surface area (Å²) in [5, 5.41) is 3.11. The maximum atomic E-state index is 13.2. The van der Waals surface area contributed by atoms with Crippen molar-refractivity contribution in [3.05, 3.63) is 80.9 Å². The molecule has 10 heteroatoms. The Balaban J connectivity index is 1.69. The Morgan fingerprint density at radius 1 is 1.22 bits per heavy atom. The van der Waals surface area contributed by atoms with Gasteiger partial charge < -0.3 is 10.1 Å². The van der Waals surface area contributed by atoms with Gasteiger partial charge in [0.2, 0.25) is 0 Å². The standard InChI is InChI=1S/C22H19FN4O3S2/c1-30-11-9-24-19-16(20(28)26-10-3-2-4-18(26)25-19)12-17-21(29)27(22(31)32-17)13-14-5-7-15(23)8-6-14/h2-8,10,12,24H,9,11,13H2,1H3. The second-order valence-electron chi connectivity index (χ2n) is 6.92. The first kappa shape index (κ1) is 22.1. The van der Waals surface area contributed by atoms with E-state index in [1.54, 1.807) is 43.6 Å². The number of carbonyl (C=O) groups is 1. The molecule has 1 aliphatic rings. The fourth-order valence-corrected chi connectivity index (χ4v) is 4.42. The maximum Gasteiger partial charge on any atom is 0.267 e. The molecule has 0 unspecified atom stereocenters. The third kappa shape index (κ3) is 4.57. The number of carbonyl (C=O) groups excluding carboxylic acids is 1. The van der Waals surface area contributed by atoms with E-state index in [0.717, 1.165) is 17.3 Å². The average molecular weight is 471 g/mol. The number of amides is 1. The number of hydrogen-bond donors (Lipinski definition) is 1. The Hall–Kier alpha value is -3.08. The number of nitrogens with zero attached hydrogens (tertiary/aromatic N) is 3. The van der Waals surface area contributed by atoms with E-state index in [1.807, 2.05) is 0 Å². The maximum absolute atomic E-state index is 13.2. The third-order valence-corrected chi connectivity index (χ3v) is 6.15. The second kappa shape index (κ2) is 9.60. The zero-order chi connectivity index (χ0) is 22.7. The van der Waals surface area contributed by atoms with E-state index in [0.29, 0.717) is 33.8 Å². The second-order valence-corrected chi connectivity index (χ2v) is 8.60. The molecule has 2 aromatic heterocycles. The van der Waals surface area contributed by atoms with Gasteiger partial charge in [0.25, 0.3) is 11.5 Å². The lowest BCUT2D eigenvalue weighted by Gasteiger charge is -2.14. The van der Waals surface area contributed by atoms with Gasteiger partial charge in [-0.15, -0.1) is 0 Å². The molecule has 1 aliphatic heterocycles. The average Bonchev–Trinajstić information content (AvgIpc) is 3.05. The molecule has 1 saturated heterocycles. The number of halogens is 1. The monoisotopic (exact) mass is 470 g/mol. The molecule has 0 spiro atoms. The number of ether oxygens (including phenoxy) is 1. The van der Waals surface area contributed by atoms with Crippen molar-refractivity contribution in [3.8, 4) is 0 Å². The van der Waals surface area contributed by atoms with Crippen LogP contribution in [0.3, 0.4) is 0 Å². The lowest BCUT2D eigenvalue weighted by Crippen LogP contribution is -2.27. The Kier molecular flexibility index (Phi) is 6.63. The first-order valence-electron chi connectivity index (χ1n) is 9.72. The number of thioether (sulfide) groups is 1. The van der Waals surface area contributed by atoms with Crippen LogP contribution in [0.1, 0.15) is 11.1 Å². The molecular formula is C22H19FN4O3S2. The van der Waals surface area contributed by atoms with Crippen LogP contribution in [0, 0.1) is 5.82 Å². The molecule has 3 aromatic rings. The van der Waals surface area contributed by atoms with Crippen molar-refractivity contribution in [2.24, 2.45) is 0 Å². The van der Waals surface area contributed by atoms with Crippen LogP contribution in [0.5, 0.6) is 0 Å². The van der Waals surface area contributed by atoms with Crippen LogP contribution >= 0.6 is 24.0 Å². The van der Waals surface area contributed by atoms with Gasteiger partial charge in [0, 0.05) is 19.9 Å². The van der Waals surface area contributed by atoms with E-state index < -0.39 is 0 Å². The van der Waals surface area contributed by atoms with Crippen LogP contribution in [0.15, 0.2) is 58.4 Å². The molecule has 3 heterocycles. The summed E-state index contributed by atoms with van der Waals surface area (Å²) in [5.74, 6) is -0.302. The zero-order valence-corrected chi connectivity index (χ0v) is 18.7. The van der Waals surface area contributed by atoms with Crippen molar-refractivity contribution in [3.63, 3.8) is 0 Å². The van der Waals surface area contributed by atoms with Crippen LogP contribution in [-0.4, -0.2) is 44.8 Å². The van der Waals surface area contributed by atoms with Gasteiger partial charge in [0.05, 0.1) is 23.6 Å². The van der Waals surface area contributed by atoms with E-state index in [-0.39, 0.29) is 29.4 Å². The molecule has 1 fully saturated rings. The highest BCUT2D eigenvalue weighted by Crippen LogP contribution is 2.34. The number of hydrogen-bond acceptors (Lipinski definition) is 7. The fraction of sp³-hybridized carbons (Fsp3) is 0.182. The largest absolute Gasteiger partial charge is 0.383 e. The molecule has 4 rings (SSSR count). The number of benzene rings is 1. The van der Waals surface area contributed by atoms with Gasteiger partial charge in [-0.1, -0.05) is 42.2 Å². The lowest BCUT2D eigenvalue weighted by molar-refractivity contribution is -0.122. The number of rotatable bonds is 7. The van der Waals surface area contributed by atoms with Crippen LogP contribution in [0.25, 0.3) is 11.7 Å². The Bertz CT molecular complexity index is 1270. The van der Waals surface area contributed by atoms with Crippen molar-refractivity contribution in [1.29, 1.82) is 0 Å². The number of fused-ring (bicyclic) bond motifs is 1. The Labute approximate surface area is 192 Å². The number of nitrogens with one attached hydrogen (secondary N) is 1. The Morgan fingerprint density at radius 3 is 2.75 bits per heavy atom. The molecule has 0 atom stereocenters. The molecule has 0 aliphatic carbocycles. The number of pyridine rings is 1. The van der Waals surface area contributed by atoms with Gasteiger partial charge in [-0.25, -0.2) is 9.37 Å². The number of thiocarbonyl (C=S) groups is 1. The zero-order valence-electron chi connectivity index (χ0n) is 17.1. The summed E-state index contributed by atoms with van der Waals surface area (Å²) >= 11 is 6.50. The first-order valence-corrected chi connectivity index (χ1v) is 10.9. The summed E-state index contributed by atoms with van der Waals surface area (Å²) in [4.78, 5) is 32.5. The van der Waals surface area contributed by atoms with Crippen LogP contribution in [0.2, 0.25) is 0 Å². The summed E-state index contributed by atoms with van der Waals surface area (Å²) in [6.07, 6.45) is 3.15. The number of aromatic nitrogens is 2. The van der Waals surface area contributed by atoms with E-state index in [2.05, 4.69) is 10.3 Å². The topological polar surface area (TPSA) is 75.9 Å². The SMILES string of the molecule is COCCNc1nc2ccccn2c(=O)c1C=C1SC(=S)N(Cc2ccc(F)cc2)C1=O. The first-order chi connectivity index (χ1) is 15.5. The molecule has 32 heavy (non-hydrogen) atoms. The van der Waals surface area contributed by atoms with Gasteiger partial charge in [-0.05, 0) is 35.9 Å². The normalized spacial score (nSPS) is 15.2. The highest BCUT2D eigenvalue weighted by Gasteiger charge is 2.32. The molecule has 0 radical (unpaired) electrons. The lowest BCUT2D eigenvalue weighted by atomic mass is 10.2. The number of methoxy groups -OCH3 is 1. The molecule has 164 valence electrons. The highest BCUT2D eigenvalue weighted by molar-refractivity contribution is 8.26. The van der Waals surface area contributed by atoms with Crippen molar-refractivity contribution >= 4 is 51.7 Å². The van der Waals surface area contributed by atoms with Gasteiger partial charge >= 0.3 is 0 Å². The summed E-state index contributed by atoms with van der Waals surface area (Å²) in [7, 11) is 1.58. The molecule has 1 amide bonds. The Morgan fingerprint density at radius 2 is 2.00 bits per heavy atom. The molecule has 7 nitrogen and oxygen atoms in total. The number of anilines is 1. The van der Waals surface area contributed by atoms with Gasteiger partial charge in [0.1, 0.15) is 21.6 Å². The van der Waals surface area contributed by atoms with E-state index in [1.165, 1.54) is 27.5 Å². The molecule has 1 N–H and O–H groups in total. The predicted octanol–water partition coefficient (Wildman–Crippen LogP) is 3.29. The summed E-state index contributed by atoms with van der Waals surface area (Å²) < 4.78 is 20.0. The molecular weight excluding hydrogens is 451 g/mol.